The van der Waals surface area contributed by atoms with E-state index in [1.54, 1.807) is 6.07 Å². The van der Waals surface area contributed by atoms with E-state index in [-0.39, 0.29) is 5.82 Å². The fourth-order valence-electron chi connectivity index (χ4n) is 1.47. The lowest BCUT2D eigenvalue weighted by Gasteiger charge is -2.04. The van der Waals surface area contributed by atoms with E-state index in [1.165, 1.54) is 0 Å². The minimum atomic E-state index is -0.0810. The largest absolute Gasteiger partial charge is 0.326 e. The van der Waals surface area contributed by atoms with Crippen LogP contribution in [0.4, 0.5) is 4.39 Å². The van der Waals surface area contributed by atoms with E-state index in [4.69, 9.17) is 5.73 Å². The summed E-state index contributed by atoms with van der Waals surface area (Å²) in [6.45, 7) is 0.298. The minimum Gasteiger partial charge on any atom is -0.326 e. The van der Waals surface area contributed by atoms with Gasteiger partial charge in [-0.15, -0.1) is 0 Å². The van der Waals surface area contributed by atoms with Crippen molar-refractivity contribution in [1.29, 1.82) is 0 Å². The summed E-state index contributed by atoms with van der Waals surface area (Å²) in [7, 11) is 0. The molecule has 1 nitrogen and oxygen atoms in total. The number of nitrogens with two attached hydrogens (primary N) is 1. The van der Waals surface area contributed by atoms with Crippen molar-refractivity contribution in [2.45, 2.75) is 25.3 Å². The SMILES string of the molecule is NCc1cccc(C2CC2)c1F. The molecule has 1 fully saturated rings. The van der Waals surface area contributed by atoms with E-state index < -0.39 is 0 Å². The highest BCUT2D eigenvalue weighted by atomic mass is 19.1. The Morgan fingerprint density at radius 2 is 2.17 bits per heavy atom. The Bertz CT molecular complexity index is 292. The van der Waals surface area contributed by atoms with Crippen LogP contribution in [0.1, 0.15) is 29.9 Å². The molecule has 64 valence electrons. The third-order valence-electron chi connectivity index (χ3n) is 2.35. The zero-order valence-electron chi connectivity index (χ0n) is 6.89. The van der Waals surface area contributed by atoms with Crippen LogP contribution in [-0.4, -0.2) is 0 Å². The van der Waals surface area contributed by atoms with E-state index in [0.717, 1.165) is 18.4 Å². The molecular weight excluding hydrogens is 153 g/mol. The summed E-state index contributed by atoms with van der Waals surface area (Å²) in [5.74, 6) is 0.388. The standard InChI is InChI=1S/C10H12FN/c11-10-8(6-12)2-1-3-9(10)7-4-5-7/h1-3,7H,4-6,12H2. The van der Waals surface area contributed by atoms with E-state index in [2.05, 4.69) is 0 Å². The van der Waals surface area contributed by atoms with E-state index in [9.17, 15) is 4.39 Å². The Balaban J connectivity index is 2.40. The van der Waals surface area contributed by atoms with Crippen molar-refractivity contribution in [3.05, 3.63) is 35.1 Å². The van der Waals surface area contributed by atoms with Gasteiger partial charge in [-0.25, -0.2) is 4.39 Å². The van der Waals surface area contributed by atoms with Gasteiger partial charge in [0.2, 0.25) is 0 Å². The summed E-state index contributed by atoms with van der Waals surface area (Å²) >= 11 is 0. The smallest absolute Gasteiger partial charge is 0.131 e. The van der Waals surface area contributed by atoms with Crippen molar-refractivity contribution in [3.63, 3.8) is 0 Å². The molecule has 0 atom stereocenters. The number of halogens is 1. The van der Waals surface area contributed by atoms with Crippen molar-refractivity contribution in [2.24, 2.45) is 5.73 Å². The molecule has 0 saturated heterocycles. The summed E-state index contributed by atoms with van der Waals surface area (Å²) in [4.78, 5) is 0. The van der Waals surface area contributed by atoms with Crippen molar-refractivity contribution in [1.82, 2.24) is 0 Å². The highest BCUT2D eigenvalue weighted by Crippen LogP contribution is 2.41. The number of rotatable bonds is 2. The van der Waals surface area contributed by atoms with Gasteiger partial charge in [-0.3, -0.25) is 0 Å². The maximum atomic E-state index is 13.5. The Morgan fingerprint density at radius 1 is 1.42 bits per heavy atom. The molecule has 0 radical (unpaired) electrons. The summed E-state index contributed by atoms with van der Waals surface area (Å²) in [5.41, 5.74) is 6.90. The van der Waals surface area contributed by atoms with Crippen LogP contribution in [0.2, 0.25) is 0 Å². The van der Waals surface area contributed by atoms with Gasteiger partial charge in [-0.2, -0.15) is 0 Å². The molecule has 12 heavy (non-hydrogen) atoms. The second-order valence-corrected chi connectivity index (χ2v) is 3.30. The fourth-order valence-corrected chi connectivity index (χ4v) is 1.47. The van der Waals surface area contributed by atoms with Gasteiger partial charge in [-0.1, -0.05) is 18.2 Å². The first-order valence-corrected chi connectivity index (χ1v) is 4.30. The van der Waals surface area contributed by atoms with Gasteiger partial charge in [0.05, 0.1) is 0 Å². The van der Waals surface area contributed by atoms with Gasteiger partial charge >= 0.3 is 0 Å². The molecule has 1 aromatic rings. The first-order chi connectivity index (χ1) is 5.83. The van der Waals surface area contributed by atoms with Crippen LogP contribution in [0.5, 0.6) is 0 Å². The lowest BCUT2D eigenvalue weighted by molar-refractivity contribution is 0.594. The van der Waals surface area contributed by atoms with Gasteiger partial charge in [0.15, 0.2) is 0 Å². The van der Waals surface area contributed by atoms with E-state index in [0.29, 0.717) is 18.0 Å². The molecule has 0 bridgehead atoms. The van der Waals surface area contributed by atoms with Crippen LogP contribution >= 0.6 is 0 Å². The number of hydrogen-bond acceptors (Lipinski definition) is 1. The van der Waals surface area contributed by atoms with Gasteiger partial charge in [0.1, 0.15) is 5.82 Å². The topological polar surface area (TPSA) is 26.0 Å². The molecule has 0 heterocycles. The molecule has 1 aliphatic carbocycles. The summed E-state index contributed by atoms with van der Waals surface area (Å²) in [6, 6.07) is 5.51. The predicted octanol–water partition coefficient (Wildman–Crippen LogP) is 2.16. The Kier molecular flexibility index (Phi) is 1.85. The highest BCUT2D eigenvalue weighted by Gasteiger charge is 2.26. The Morgan fingerprint density at radius 3 is 2.75 bits per heavy atom. The molecule has 1 saturated carbocycles. The van der Waals surface area contributed by atoms with Gasteiger partial charge < -0.3 is 5.73 Å². The van der Waals surface area contributed by atoms with E-state index in [1.807, 2.05) is 12.1 Å². The lowest BCUT2D eigenvalue weighted by atomic mass is 10.1. The van der Waals surface area contributed by atoms with Gasteiger partial charge in [0.25, 0.3) is 0 Å². The third-order valence-corrected chi connectivity index (χ3v) is 2.35. The molecule has 1 aliphatic rings. The van der Waals surface area contributed by atoms with Crippen molar-refractivity contribution < 1.29 is 4.39 Å². The van der Waals surface area contributed by atoms with Gasteiger partial charge in [0, 0.05) is 12.1 Å². The Hall–Kier alpha value is -0.890. The normalized spacial score (nSPS) is 16.5. The van der Waals surface area contributed by atoms with Crippen LogP contribution in [-0.2, 0) is 6.54 Å². The maximum absolute atomic E-state index is 13.5. The zero-order valence-corrected chi connectivity index (χ0v) is 6.89. The molecule has 1 aromatic carbocycles. The second-order valence-electron chi connectivity index (χ2n) is 3.30. The Labute approximate surface area is 71.4 Å². The lowest BCUT2D eigenvalue weighted by Crippen LogP contribution is -2.01. The van der Waals surface area contributed by atoms with Crippen molar-refractivity contribution in [2.75, 3.05) is 0 Å². The molecule has 0 spiro atoms. The van der Waals surface area contributed by atoms with Crippen LogP contribution in [0, 0.1) is 5.82 Å². The molecule has 2 N–H and O–H groups in total. The van der Waals surface area contributed by atoms with Gasteiger partial charge in [-0.05, 0) is 24.3 Å². The van der Waals surface area contributed by atoms with Crippen LogP contribution in [0.3, 0.4) is 0 Å². The van der Waals surface area contributed by atoms with Crippen molar-refractivity contribution >= 4 is 0 Å². The number of hydrogen-bond donors (Lipinski definition) is 1. The molecule has 0 unspecified atom stereocenters. The predicted molar refractivity (Wildman–Crippen MR) is 46.3 cm³/mol. The molecule has 0 aromatic heterocycles. The summed E-state index contributed by atoms with van der Waals surface area (Å²) in [5, 5.41) is 0. The monoisotopic (exact) mass is 165 g/mol. The van der Waals surface area contributed by atoms with Crippen molar-refractivity contribution in [3.8, 4) is 0 Å². The van der Waals surface area contributed by atoms with Crippen LogP contribution < -0.4 is 5.73 Å². The molecule has 0 amide bonds. The summed E-state index contributed by atoms with van der Waals surface area (Å²) in [6.07, 6.45) is 2.26. The molecular formula is C10H12FN. The zero-order chi connectivity index (χ0) is 8.55. The molecule has 0 aliphatic heterocycles. The number of benzene rings is 1. The third kappa shape index (κ3) is 1.23. The highest BCUT2D eigenvalue weighted by molar-refractivity contribution is 5.31. The quantitative estimate of drug-likeness (QED) is 0.714. The first-order valence-electron chi connectivity index (χ1n) is 4.30. The molecule has 2 rings (SSSR count). The second kappa shape index (κ2) is 2.87. The van der Waals surface area contributed by atoms with E-state index >= 15 is 0 Å². The average molecular weight is 165 g/mol. The average Bonchev–Trinajstić information content (AvgIpc) is 2.88. The maximum Gasteiger partial charge on any atom is 0.131 e. The van der Waals surface area contributed by atoms with Crippen LogP contribution in [0.15, 0.2) is 18.2 Å². The minimum absolute atomic E-state index is 0.0810. The first kappa shape index (κ1) is 7.74. The molecule has 2 heteroatoms. The summed E-state index contributed by atoms with van der Waals surface area (Å²) < 4.78 is 13.5. The van der Waals surface area contributed by atoms with Crippen LogP contribution in [0.25, 0.3) is 0 Å². The fraction of sp³-hybridized carbons (Fsp3) is 0.400.